The molecule has 0 saturated carbocycles. The van der Waals surface area contributed by atoms with Gasteiger partial charge in [-0.05, 0) is 60.3 Å². The molecule has 0 fully saturated rings. The van der Waals surface area contributed by atoms with Crippen molar-refractivity contribution in [2.45, 2.75) is 64.0 Å². The number of hydrogen-bond acceptors (Lipinski definition) is 4. The molecule has 1 aliphatic rings. The van der Waals surface area contributed by atoms with E-state index >= 15 is 0 Å². The summed E-state index contributed by atoms with van der Waals surface area (Å²) in [6.45, 7) is 11.1. The van der Waals surface area contributed by atoms with Crippen LogP contribution in [-0.2, 0) is 4.43 Å². The summed E-state index contributed by atoms with van der Waals surface area (Å²) in [4.78, 5) is 0. The van der Waals surface area contributed by atoms with Gasteiger partial charge in [0.2, 0.25) is 0 Å². The summed E-state index contributed by atoms with van der Waals surface area (Å²) in [5, 5.41) is 10.8. The van der Waals surface area contributed by atoms with Crippen LogP contribution >= 0.6 is 0 Å². The van der Waals surface area contributed by atoms with Crippen LogP contribution in [0.3, 0.4) is 0 Å². The summed E-state index contributed by atoms with van der Waals surface area (Å²) in [6, 6.07) is 5.88. The first-order chi connectivity index (χ1) is 11.6. The maximum absolute atomic E-state index is 10.6. The van der Waals surface area contributed by atoms with Crippen molar-refractivity contribution in [3.05, 3.63) is 29.8 Å². The molecule has 1 N–H and O–H groups in total. The van der Waals surface area contributed by atoms with Crippen LogP contribution in [0.4, 0.5) is 0 Å². The molecular formula is C20H32O4Si. The van der Waals surface area contributed by atoms with E-state index in [1.54, 1.807) is 14.2 Å². The van der Waals surface area contributed by atoms with E-state index in [2.05, 4.69) is 33.9 Å². The minimum atomic E-state index is -1.89. The highest BCUT2D eigenvalue weighted by Crippen LogP contribution is 2.40. The molecule has 2 rings (SSSR count). The highest BCUT2D eigenvalue weighted by atomic mass is 28.4. The maximum Gasteiger partial charge on any atom is 0.192 e. The van der Waals surface area contributed by atoms with E-state index in [4.69, 9.17) is 13.9 Å². The van der Waals surface area contributed by atoms with Crippen LogP contribution in [0.25, 0.3) is 5.57 Å². The Morgan fingerprint density at radius 2 is 1.72 bits per heavy atom. The van der Waals surface area contributed by atoms with Gasteiger partial charge in [-0.25, -0.2) is 0 Å². The van der Waals surface area contributed by atoms with Crippen LogP contribution < -0.4 is 9.47 Å². The summed E-state index contributed by atoms with van der Waals surface area (Å²) in [5.74, 6) is 1.41. The Kier molecular flexibility index (Phi) is 6.02. The predicted octanol–water partition coefficient (Wildman–Crippen LogP) is 4.63. The van der Waals surface area contributed by atoms with Gasteiger partial charge >= 0.3 is 0 Å². The normalized spacial score (nSPS) is 21.7. The first kappa shape index (κ1) is 20.0. The van der Waals surface area contributed by atoms with E-state index in [-0.39, 0.29) is 11.1 Å². The molecule has 25 heavy (non-hydrogen) atoms. The van der Waals surface area contributed by atoms with Crippen LogP contribution in [-0.4, -0.2) is 39.9 Å². The van der Waals surface area contributed by atoms with Gasteiger partial charge in [-0.1, -0.05) is 26.8 Å². The number of hydrogen-bond donors (Lipinski definition) is 1. The maximum atomic E-state index is 10.6. The molecule has 0 unspecified atom stereocenters. The number of ether oxygens (including phenoxy) is 2. The van der Waals surface area contributed by atoms with Gasteiger partial charge in [0.05, 0.1) is 26.4 Å². The number of rotatable bonds is 5. The first-order valence-corrected chi connectivity index (χ1v) is 11.8. The van der Waals surface area contributed by atoms with Crippen LogP contribution in [0.15, 0.2) is 24.3 Å². The fraction of sp³-hybridized carbons (Fsp3) is 0.600. The van der Waals surface area contributed by atoms with Crippen molar-refractivity contribution < 1.29 is 19.0 Å². The van der Waals surface area contributed by atoms with Crippen molar-refractivity contribution in [1.29, 1.82) is 0 Å². The third-order valence-electron chi connectivity index (χ3n) is 5.46. The van der Waals surface area contributed by atoms with Crippen LogP contribution in [0.1, 0.15) is 39.2 Å². The van der Waals surface area contributed by atoms with Crippen LogP contribution in [0, 0.1) is 0 Å². The number of methoxy groups -OCH3 is 2. The first-order valence-electron chi connectivity index (χ1n) is 8.88. The molecule has 0 spiro atoms. The third kappa shape index (κ3) is 4.46. The molecule has 0 aliphatic heterocycles. The van der Waals surface area contributed by atoms with Crippen molar-refractivity contribution in [2.24, 2.45) is 0 Å². The Morgan fingerprint density at radius 1 is 1.08 bits per heavy atom. The van der Waals surface area contributed by atoms with Gasteiger partial charge in [-0.3, -0.25) is 0 Å². The lowest BCUT2D eigenvalue weighted by atomic mass is 9.90. The van der Waals surface area contributed by atoms with E-state index in [1.165, 1.54) is 0 Å². The van der Waals surface area contributed by atoms with Crippen molar-refractivity contribution in [1.82, 2.24) is 0 Å². The standard InChI is InChI=1S/C20H32O4Si/c1-20(2,3)25(6,7)24-17-10-8-14(12-16(17)21)15-9-11-18(22-4)19(13-15)23-5/h9,11-13,16-17,21H,8,10H2,1-7H3/t16-,17-/m1/s1. The van der Waals surface area contributed by atoms with Gasteiger partial charge < -0.3 is 19.0 Å². The Bertz CT molecular complexity index is 631. The highest BCUT2D eigenvalue weighted by molar-refractivity contribution is 6.74. The molecule has 1 aromatic rings. The summed E-state index contributed by atoms with van der Waals surface area (Å²) in [5.41, 5.74) is 2.19. The van der Waals surface area contributed by atoms with E-state index in [1.807, 2.05) is 24.3 Å². The molecule has 2 atom stereocenters. The van der Waals surface area contributed by atoms with Gasteiger partial charge in [0, 0.05) is 0 Å². The van der Waals surface area contributed by atoms with Crippen LogP contribution in [0.5, 0.6) is 11.5 Å². The Morgan fingerprint density at radius 3 is 2.24 bits per heavy atom. The number of benzene rings is 1. The summed E-state index contributed by atoms with van der Waals surface area (Å²) < 4.78 is 17.1. The van der Waals surface area contributed by atoms with Crippen molar-refractivity contribution >= 4 is 13.9 Å². The smallest absolute Gasteiger partial charge is 0.192 e. The second-order valence-electron chi connectivity index (χ2n) is 8.21. The van der Waals surface area contributed by atoms with Gasteiger partial charge in [0.1, 0.15) is 0 Å². The lowest BCUT2D eigenvalue weighted by Gasteiger charge is -2.41. The molecule has 140 valence electrons. The number of aliphatic hydroxyl groups excluding tert-OH is 1. The molecule has 4 nitrogen and oxygen atoms in total. The van der Waals surface area contributed by atoms with E-state index < -0.39 is 14.4 Å². The van der Waals surface area contributed by atoms with E-state index in [0.717, 1.165) is 24.0 Å². The zero-order chi connectivity index (χ0) is 18.8. The fourth-order valence-electron chi connectivity index (χ4n) is 2.83. The Hall–Kier alpha value is -1.30. The average Bonchev–Trinajstić information content (AvgIpc) is 2.54. The highest BCUT2D eigenvalue weighted by Gasteiger charge is 2.41. The van der Waals surface area contributed by atoms with Crippen molar-refractivity contribution in [3.63, 3.8) is 0 Å². The second kappa shape index (κ2) is 7.52. The fourth-order valence-corrected chi connectivity index (χ4v) is 4.19. The molecule has 1 aliphatic carbocycles. The minimum absolute atomic E-state index is 0.121. The zero-order valence-electron chi connectivity index (χ0n) is 16.6. The molecule has 5 heteroatoms. The van der Waals surface area contributed by atoms with Crippen molar-refractivity contribution in [2.75, 3.05) is 14.2 Å². The quantitative estimate of drug-likeness (QED) is 0.774. The summed E-state index contributed by atoms with van der Waals surface area (Å²) >= 11 is 0. The monoisotopic (exact) mass is 364 g/mol. The SMILES string of the molecule is COc1ccc(C2=C[C@@H](O)[C@H](O[Si](C)(C)C(C)(C)C)CC2)cc1OC. The third-order valence-corrected chi connectivity index (χ3v) is 9.96. The predicted molar refractivity (Wildman–Crippen MR) is 105 cm³/mol. The van der Waals surface area contributed by atoms with E-state index in [9.17, 15) is 5.11 Å². The molecule has 1 aromatic carbocycles. The molecule has 0 radical (unpaired) electrons. The van der Waals surface area contributed by atoms with Gasteiger partial charge in [0.25, 0.3) is 0 Å². The lowest BCUT2D eigenvalue weighted by Crippen LogP contribution is -2.47. The van der Waals surface area contributed by atoms with Gasteiger partial charge in [-0.2, -0.15) is 0 Å². The summed E-state index contributed by atoms with van der Waals surface area (Å²) in [6.07, 6.45) is 2.94. The Labute approximate surface area is 152 Å². The summed E-state index contributed by atoms with van der Waals surface area (Å²) in [7, 11) is 1.37. The van der Waals surface area contributed by atoms with E-state index in [0.29, 0.717) is 11.5 Å². The van der Waals surface area contributed by atoms with Gasteiger partial charge in [-0.15, -0.1) is 0 Å². The largest absolute Gasteiger partial charge is 0.493 e. The molecular weight excluding hydrogens is 332 g/mol. The van der Waals surface area contributed by atoms with Crippen molar-refractivity contribution in [3.8, 4) is 11.5 Å². The molecule has 0 amide bonds. The average molecular weight is 365 g/mol. The Balaban J connectivity index is 2.18. The molecule has 0 bridgehead atoms. The molecule has 0 aromatic heterocycles. The molecule has 0 saturated heterocycles. The van der Waals surface area contributed by atoms with Crippen LogP contribution in [0.2, 0.25) is 18.1 Å². The second-order valence-corrected chi connectivity index (χ2v) is 13.0. The zero-order valence-corrected chi connectivity index (χ0v) is 17.6. The topological polar surface area (TPSA) is 47.9 Å². The lowest BCUT2D eigenvalue weighted by molar-refractivity contribution is 0.0483. The number of allylic oxidation sites excluding steroid dienone is 1. The minimum Gasteiger partial charge on any atom is -0.493 e. The van der Waals surface area contributed by atoms with Gasteiger partial charge in [0.15, 0.2) is 19.8 Å². The number of aliphatic hydroxyl groups is 1. The molecule has 0 heterocycles.